The Morgan fingerprint density at radius 3 is 2.58 bits per heavy atom. The van der Waals surface area contributed by atoms with Gasteiger partial charge < -0.3 is 5.32 Å². The molecule has 0 bridgehead atoms. The first-order valence-corrected chi connectivity index (χ1v) is 6.98. The van der Waals surface area contributed by atoms with Gasteiger partial charge in [0, 0.05) is 18.4 Å². The second-order valence-electron chi connectivity index (χ2n) is 4.92. The lowest BCUT2D eigenvalue weighted by Crippen LogP contribution is -2.21. The zero-order valence-electron chi connectivity index (χ0n) is 11.8. The van der Waals surface area contributed by atoms with Crippen molar-refractivity contribution in [2.75, 3.05) is 6.54 Å². The fourth-order valence-corrected chi connectivity index (χ4v) is 2.29. The maximum absolute atomic E-state index is 4.17. The van der Waals surface area contributed by atoms with Crippen molar-refractivity contribution in [1.82, 2.24) is 10.3 Å². The monoisotopic (exact) mass is 254 g/mol. The van der Waals surface area contributed by atoms with Gasteiger partial charge in [-0.05, 0) is 43.5 Å². The number of hydrogen-bond donors (Lipinski definition) is 1. The Morgan fingerprint density at radius 2 is 1.95 bits per heavy atom. The lowest BCUT2D eigenvalue weighted by molar-refractivity contribution is 0.515. The summed E-state index contributed by atoms with van der Waals surface area (Å²) in [6.07, 6.45) is 5.94. The highest BCUT2D eigenvalue weighted by atomic mass is 14.9. The van der Waals surface area contributed by atoms with Crippen molar-refractivity contribution < 1.29 is 0 Å². The van der Waals surface area contributed by atoms with E-state index in [4.69, 9.17) is 0 Å². The number of aryl methyl sites for hydroxylation is 2. The summed E-state index contributed by atoms with van der Waals surface area (Å²) in [5.74, 6) is 0. The van der Waals surface area contributed by atoms with Crippen LogP contribution in [0.3, 0.4) is 0 Å². The third kappa shape index (κ3) is 4.18. The molecule has 1 heterocycles. The van der Waals surface area contributed by atoms with Crippen molar-refractivity contribution >= 4 is 0 Å². The second-order valence-corrected chi connectivity index (χ2v) is 4.92. The van der Waals surface area contributed by atoms with E-state index in [1.807, 2.05) is 18.5 Å². The minimum atomic E-state index is 0.422. The third-order valence-corrected chi connectivity index (χ3v) is 3.37. The highest BCUT2D eigenvalue weighted by Gasteiger charge is 2.10. The highest BCUT2D eigenvalue weighted by molar-refractivity contribution is 5.24. The molecule has 0 radical (unpaired) electrons. The summed E-state index contributed by atoms with van der Waals surface area (Å²) in [7, 11) is 0. The fraction of sp³-hybridized carbons (Fsp3) is 0.353. The van der Waals surface area contributed by atoms with Gasteiger partial charge >= 0.3 is 0 Å². The topological polar surface area (TPSA) is 24.9 Å². The molecule has 0 aliphatic heterocycles. The molecule has 2 heteroatoms. The van der Waals surface area contributed by atoms with Gasteiger partial charge in [-0.2, -0.15) is 0 Å². The molecule has 1 aromatic carbocycles. The molecular weight excluding hydrogens is 232 g/mol. The molecule has 0 aliphatic carbocycles. The molecule has 0 saturated carbocycles. The maximum atomic E-state index is 4.17. The van der Waals surface area contributed by atoms with E-state index in [0.29, 0.717) is 6.04 Å². The summed E-state index contributed by atoms with van der Waals surface area (Å²) in [5.41, 5.74) is 3.99. The average Bonchev–Trinajstić information content (AvgIpc) is 2.46. The van der Waals surface area contributed by atoms with E-state index in [1.54, 1.807) is 0 Å². The SMILES string of the molecule is CCNC(CCc1cccnc1)c1ccc(C)cc1. The van der Waals surface area contributed by atoms with E-state index in [-0.39, 0.29) is 0 Å². The van der Waals surface area contributed by atoms with E-state index in [2.05, 4.69) is 54.5 Å². The predicted molar refractivity (Wildman–Crippen MR) is 80.2 cm³/mol. The molecule has 2 nitrogen and oxygen atoms in total. The van der Waals surface area contributed by atoms with E-state index < -0.39 is 0 Å². The largest absolute Gasteiger partial charge is 0.310 e. The number of hydrogen-bond acceptors (Lipinski definition) is 2. The third-order valence-electron chi connectivity index (χ3n) is 3.37. The Morgan fingerprint density at radius 1 is 1.16 bits per heavy atom. The molecular formula is C17H22N2. The molecule has 1 N–H and O–H groups in total. The van der Waals surface area contributed by atoms with Crippen LogP contribution < -0.4 is 5.32 Å². The van der Waals surface area contributed by atoms with E-state index >= 15 is 0 Å². The molecule has 100 valence electrons. The number of aromatic nitrogens is 1. The summed E-state index contributed by atoms with van der Waals surface area (Å²) in [5, 5.41) is 3.57. The van der Waals surface area contributed by atoms with Gasteiger partial charge in [0.15, 0.2) is 0 Å². The molecule has 0 aliphatic rings. The van der Waals surface area contributed by atoms with E-state index in [1.165, 1.54) is 16.7 Å². The van der Waals surface area contributed by atoms with Crippen LogP contribution in [0.5, 0.6) is 0 Å². The van der Waals surface area contributed by atoms with Crippen LogP contribution in [0.2, 0.25) is 0 Å². The van der Waals surface area contributed by atoms with E-state index in [9.17, 15) is 0 Å². The number of benzene rings is 1. The average molecular weight is 254 g/mol. The highest BCUT2D eigenvalue weighted by Crippen LogP contribution is 2.19. The van der Waals surface area contributed by atoms with Gasteiger partial charge in [0.2, 0.25) is 0 Å². The molecule has 2 rings (SSSR count). The number of nitrogens with zero attached hydrogens (tertiary/aromatic N) is 1. The Kier molecular flexibility index (Phi) is 5.10. The number of rotatable bonds is 6. The number of nitrogens with one attached hydrogen (secondary N) is 1. The zero-order valence-corrected chi connectivity index (χ0v) is 11.8. The van der Waals surface area contributed by atoms with Crippen LogP contribution in [0.1, 0.15) is 36.1 Å². The Balaban J connectivity index is 2.02. The van der Waals surface area contributed by atoms with Crippen molar-refractivity contribution in [2.24, 2.45) is 0 Å². The van der Waals surface area contributed by atoms with Gasteiger partial charge in [-0.15, -0.1) is 0 Å². The Labute approximate surface area is 115 Å². The zero-order chi connectivity index (χ0) is 13.5. The van der Waals surface area contributed by atoms with Crippen molar-refractivity contribution in [1.29, 1.82) is 0 Å². The molecule has 0 saturated heterocycles. The standard InChI is InChI=1S/C17H22N2/c1-3-19-17(16-9-6-14(2)7-10-16)11-8-15-5-4-12-18-13-15/h4-7,9-10,12-13,17,19H,3,8,11H2,1-2H3. The minimum absolute atomic E-state index is 0.422. The van der Waals surface area contributed by atoms with Crippen LogP contribution in [-0.2, 0) is 6.42 Å². The quantitative estimate of drug-likeness (QED) is 0.850. The van der Waals surface area contributed by atoms with Crippen LogP contribution in [0.15, 0.2) is 48.8 Å². The Bertz CT molecular complexity index is 476. The summed E-state index contributed by atoms with van der Waals surface area (Å²) in [4.78, 5) is 4.17. The van der Waals surface area contributed by atoms with Gasteiger partial charge in [0.25, 0.3) is 0 Å². The van der Waals surface area contributed by atoms with Gasteiger partial charge in [-0.25, -0.2) is 0 Å². The van der Waals surface area contributed by atoms with Crippen molar-refractivity contribution in [3.05, 3.63) is 65.5 Å². The van der Waals surface area contributed by atoms with Crippen LogP contribution in [0.4, 0.5) is 0 Å². The fourth-order valence-electron chi connectivity index (χ4n) is 2.29. The van der Waals surface area contributed by atoms with Crippen molar-refractivity contribution in [3.8, 4) is 0 Å². The second kappa shape index (κ2) is 7.05. The summed E-state index contributed by atoms with van der Waals surface area (Å²) >= 11 is 0. The lowest BCUT2D eigenvalue weighted by atomic mass is 9.99. The van der Waals surface area contributed by atoms with Gasteiger partial charge in [0.05, 0.1) is 0 Å². The lowest BCUT2D eigenvalue weighted by Gasteiger charge is -2.18. The minimum Gasteiger partial charge on any atom is -0.310 e. The van der Waals surface area contributed by atoms with Gasteiger partial charge in [-0.1, -0.05) is 42.8 Å². The molecule has 0 amide bonds. The molecule has 1 aromatic heterocycles. The Hall–Kier alpha value is -1.67. The molecule has 0 fully saturated rings. The molecule has 0 spiro atoms. The molecule has 1 unspecified atom stereocenters. The first kappa shape index (κ1) is 13.8. The van der Waals surface area contributed by atoms with Gasteiger partial charge in [0.1, 0.15) is 0 Å². The van der Waals surface area contributed by atoms with Crippen molar-refractivity contribution in [3.63, 3.8) is 0 Å². The summed E-state index contributed by atoms with van der Waals surface area (Å²) < 4.78 is 0. The molecule has 19 heavy (non-hydrogen) atoms. The molecule has 2 aromatic rings. The maximum Gasteiger partial charge on any atom is 0.0323 e. The first-order chi connectivity index (χ1) is 9.29. The van der Waals surface area contributed by atoms with Crippen LogP contribution in [0.25, 0.3) is 0 Å². The number of pyridine rings is 1. The normalized spacial score (nSPS) is 12.3. The first-order valence-electron chi connectivity index (χ1n) is 6.98. The predicted octanol–water partition coefficient (Wildman–Crippen LogP) is 3.67. The van der Waals surface area contributed by atoms with Crippen molar-refractivity contribution in [2.45, 2.75) is 32.7 Å². The summed E-state index contributed by atoms with van der Waals surface area (Å²) in [6, 6.07) is 13.4. The van der Waals surface area contributed by atoms with E-state index in [0.717, 1.165) is 19.4 Å². The summed E-state index contributed by atoms with van der Waals surface area (Å²) in [6.45, 7) is 5.28. The van der Waals surface area contributed by atoms with Crippen LogP contribution >= 0.6 is 0 Å². The molecule has 1 atom stereocenters. The van der Waals surface area contributed by atoms with Crippen LogP contribution in [0, 0.1) is 6.92 Å². The van der Waals surface area contributed by atoms with Gasteiger partial charge in [-0.3, -0.25) is 4.98 Å². The smallest absolute Gasteiger partial charge is 0.0323 e. The van der Waals surface area contributed by atoms with Crippen LogP contribution in [-0.4, -0.2) is 11.5 Å².